The SMILES string of the molecule is CCCN(Cc1ccccc1)C(CC)CCC(C#N)(c1c(F)cccc1F)C1CC1. The first-order chi connectivity index (χ1) is 14.6. The van der Waals surface area contributed by atoms with E-state index in [1.54, 1.807) is 0 Å². The highest BCUT2D eigenvalue weighted by Gasteiger charge is 2.49. The van der Waals surface area contributed by atoms with Crippen LogP contribution in [-0.4, -0.2) is 17.5 Å². The van der Waals surface area contributed by atoms with Gasteiger partial charge < -0.3 is 0 Å². The van der Waals surface area contributed by atoms with Gasteiger partial charge in [0.25, 0.3) is 0 Å². The molecule has 2 atom stereocenters. The molecule has 0 aromatic heterocycles. The van der Waals surface area contributed by atoms with Crippen LogP contribution >= 0.6 is 0 Å². The molecule has 1 saturated carbocycles. The maximum Gasteiger partial charge on any atom is 0.130 e. The molecular formula is C26H32F2N2. The Bertz CT molecular complexity index is 837. The monoisotopic (exact) mass is 410 g/mol. The molecule has 0 bridgehead atoms. The first kappa shape index (κ1) is 22.4. The van der Waals surface area contributed by atoms with Crippen molar-refractivity contribution >= 4 is 0 Å². The van der Waals surface area contributed by atoms with Crippen molar-refractivity contribution in [3.63, 3.8) is 0 Å². The van der Waals surface area contributed by atoms with Gasteiger partial charge in [0.1, 0.15) is 11.6 Å². The van der Waals surface area contributed by atoms with Gasteiger partial charge in [0, 0.05) is 18.2 Å². The van der Waals surface area contributed by atoms with Crippen LogP contribution in [0.5, 0.6) is 0 Å². The molecule has 0 spiro atoms. The van der Waals surface area contributed by atoms with Crippen molar-refractivity contribution < 1.29 is 8.78 Å². The number of hydrogen-bond acceptors (Lipinski definition) is 2. The molecule has 3 rings (SSSR count). The predicted octanol–water partition coefficient (Wildman–Crippen LogP) is 6.61. The summed E-state index contributed by atoms with van der Waals surface area (Å²) in [5.41, 5.74) is 0.168. The third kappa shape index (κ3) is 4.90. The quantitative estimate of drug-likeness (QED) is 0.417. The molecule has 2 aromatic carbocycles. The van der Waals surface area contributed by atoms with Crippen molar-refractivity contribution in [2.75, 3.05) is 6.54 Å². The van der Waals surface area contributed by atoms with E-state index in [2.05, 4.69) is 49.1 Å². The maximum atomic E-state index is 14.7. The molecule has 0 saturated heterocycles. The summed E-state index contributed by atoms with van der Waals surface area (Å²) in [4.78, 5) is 2.46. The summed E-state index contributed by atoms with van der Waals surface area (Å²) >= 11 is 0. The molecule has 0 radical (unpaired) electrons. The predicted molar refractivity (Wildman–Crippen MR) is 117 cm³/mol. The summed E-state index contributed by atoms with van der Waals surface area (Å²) in [6, 6.07) is 17.0. The second-order valence-electron chi connectivity index (χ2n) is 8.51. The third-order valence-electron chi connectivity index (χ3n) is 6.48. The molecule has 0 amide bonds. The molecule has 30 heavy (non-hydrogen) atoms. The van der Waals surface area contributed by atoms with Crippen molar-refractivity contribution in [2.24, 2.45) is 5.92 Å². The Kier molecular flexibility index (Phi) is 7.61. The Labute approximate surface area is 179 Å². The van der Waals surface area contributed by atoms with E-state index >= 15 is 0 Å². The van der Waals surface area contributed by atoms with Crippen LogP contribution in [-0.2, 0) is 12.0 Å². The minimum atomic E-state index is -1.08. The lowest BCUT2D eigenvalue weighted by Crippen LogP contribution is -2.38. The molecule has 0 N–H and O–H groups in total. The molecule has 1 fully saturated rings. The van der Waals surface area contributed by atoms with Crippen LogP contribution in [0.15, 0.2) is 48.5 Å². The molecule has 2 unspecified atom stereocenters. The van der Waals surface area contributed by atoms with Crippen molar-refractivity contribution in [3.8, 4) is 6.07 Å². The van der Waals surface area contributed by atoms with Gasteiger partial charge in [0.15, 0.2) is 0 Å². The smallest absolute Gasteiger partial charge is 0.130 e. The Morgan fingerprint density at radius 3 is 2.27 bits per heavy atom. The maximum absolute atomic E-state index is 14.7. The van der Waals surface area contributed by atoms with Crippen LogP contribution in [0.2, 0.25) is 0 Å². The topological polar surface area (TPSA) is 27.0 Å². The summed E-state index contributed by atoms with van der Waals surface area (Å²) in [5, 5.41) is 10.2. The second kappa shape index (κ2) is 10.2. The Balaban J connectivity index is 1.83. The van der Waals surface area contributed by atoms with Gasteiger partial charge in [-0.3, -0.25) is 4.90 Å². The zero-order chi connectivity index (χ0) is 21.6. The minimum absolute atomic E-state index is 0.0186. The molecule has 4 heteroatoms. The van der Waals surface area contributed by atoms with Crippen LogP contribution in [0.25, 0.3) is 0 Å². The van der Waals surface area contributed by atoms with E-state index in [0.717, 1.165) is 45.2 Å². The van der Waals surface area contributed by atoms with Gasteiger partial charge in [-0.15, -0.1) is 0 Å². The Morgan fingerprint density at radius 2 is 1.73 bits per heavy atom. The van der Waals surface area contributed by atoms with Crippen molar-refractivity contribution in [2.45, 2.75) is 70.4 Å². The first-order valence-corrected chi connectivity index (χ1v) is 11.2. The molecular weight excluding hydrogens is 378 g/mol. The lowest BCUT2D eigenvalue weighted by atomic mass is 9.72. The van der Waals surface area contributed by atoms with E-state index in [9.17, 15) is 14.0 Å². The lowest BCUT2D eigenvalue weighted by molar-refractivity contribution is 0.162. The zero-order valence-electron chi connectivity index (χ0n) is 18.1. The molecule has 0 heterocycles. The standard InChI is InChI=1S/C26H32F2N2/c1-3-17-30(18-20-9-6-5-7-10-20)22(4-2)15-16-26(19-29,21-13-14-21)25-23(27)11-8-12-24(25)28/h5-12,21-22H,3-4,13-18H2,1-2H3. The van der Waals surface area contributed by atoms with Crippen LogP contribution in [0.3, 0.4) is 0 Å². The van der Waals surface area contributed by atoms with E-state index in [-0.39, 0.29) is 17.5 Å². The van der Waals surface area contributed by atoms with Gasteiger partial charge in [-0.25, -0.2) is 8.78 Å². The third-order valence-corrected chi connectivity index (χ3v) is 6.48. The van der Waals surface area contributed by atoms with Crippen LogP contribution in [0, 0.1) is 28.9 Å². The van der Waals surface area contributed by atoms with Gasteiger partial charge in [-0.05, 0) is 68.7 Å². The van der Waals surface area contributed by atoms with E-state index < -0.39 is 17.0 Å². The highest BCUT2D eigenvalue weighted by atomic mass is 19.1. The van der Waals surface area contributed by atoms with E-state index in [4.69, 9.17) is 0 Å². The number of nitrogens with zero attached hydrogens (tertiary/aromatic N) is 2. The van der Waals surface area contributed by atoms with E-state index in [1.807, 2.05) is 6.07 Å². The normalized spacial score (nSPS) is 16.8. The zero-order valence-corrected chi connectivity index (χ0v) is 18.1. The highest BCUT2D eigenvalue weighted by Crippen LogP contribution is 2.51. The van der Waals surface area contributed by atoms with Crippen molar-refractivity contribution in [1.29, 1.82) is 5.26 Å². The average molecular weight is 411 g/mol. The summed E-state index contributed by atoms with van der Waals surface area (Å²) in [5.74, 6) is -1.14. The largest absolute Gasteiger partial charge is 0.296 e. The molecule has 1 aliphatic carbocycles. The van der Waals surface area contributed by atoms with Crippen LogP contribution in [0.4, 0.5) is 8.78 Å². The second-order valence-corrected chi connectivity index (χ2v) is 8.51. The van der Waals surface area contributed by atoms with Crippen LogP contribution in [0.1, 0.15) is 63.5 Å². The van der Waals surface area contributed by atoms with E-state index in [0.29, 0.717) is 6.42 Å². The average Bonchev–Trinajstić information content (AvgIpc) is 3.59. The fourth-order valence-corrected chi connectivity index (χ4v) is 4.77. The Morgan fingerprint density at radius 1 is 1.07 bits per heavy atom. The minimum Gasteiger partial charge on any atom is -0.296 e. The number of benzene rings is 2. The molecule has 0 aliphatic heterocycles. The summed E-state index contributed by atoms with van der Waals surface area (Å²) in [6.07, 6.45) is 4.94. The van der Waals surface area contributed by atoms with Gasteiger partial charge in [-0.1, -0.05) is 50.2 Å². The van der Waals surface area contributed by atoms with Crippen molar-refractivity contribution in [1.82, 2.24) is 4.90 Å². The summed E-state index contributed by atoms with van der Waals surface area (Å²) in [7, 11) is 0. The van der Waals surface area contributed by atoms with Gasteiger partial charge >= 0.3 is 0 Å². The number of halogens is 2. The first-order valence-electron chi connectivity index (χ1n) is 11.2. The fraction of sp³-hybridized carbons (Fsp3) is 0.500. The number of nitriles is 1. The number of hydrogen-bond donors (Lipinski definition) is 0. The van der Waals surface area contributed by atoms with Gasteiger partial charge in [0.2, 0.25) is 0 Å². The summed E-state index contributed by atoms with van der Waals surface area (Å²) in [6.45, 7) is 6.14. The fourth-order valence-electron chi connectivity index (χ4n) is 4.77. The Hall–Kier alpha value is -2.25. The molecule has 1 aliphatic rings. The summed E-state index contributed by atoms with van der Waals surface area (Å²) < 4.78 is 29.4. The molecule has 2 nitrogen and oxygen atoms in total. The van der Waals surface area contributed by atoms with Gasteiger partial charge in [-0.2, -0.15) is 5.26 Å². The molecule has 160 valence electrons. The van der Waals surface area contributed by atoms with Crippen LogP contribution < -0.4 is 0 Å². The highest BCUT2D eigenvalue weighted by molar-refractivity contribution is 5.38. The number of rotatable bonds is 11. The lowest BCUT2D eigenvalue weighted by Gasteiger charge is -2.35. The van der Waals surface area contributed by atoms with Crippen molar-refractivity contribution in [3.05, 3.63) is 71.3 Å². The van der Waals surface area contributed by atoms with Gasteiger partial charge in [0.05, 0.1) is 11.5 Å². The molecule has 2 aromatic rings. The van der Waals surface area contributed by atoms with E-state index in [1.165, 1.54) is 23.8 Å².